The van der Waals surface area contributed by atoms with Gasteiger partial charge in [-0.1, -0.05) is 6.92 Å². The number of rotatable bonds is 0. The van der Waals surface area contributed by atoms with Crippen LogP contribution in [0.2, 0.25) is 0 Å². The van der Waals surface area contributed by atoms with Crippen molar-refractivity contribution in [2.75, 3.05) is 0 Å². The average molecular weight is 128 g/mol. The van der Waals surface area contributed by atoms with Crippen LogP contribution < -0.4 is 0 Å². The lowest BCUT2D eigenvalue weighted by atomic mass is 9.92. The fraction of sp³-hybridized carbons (Fsp3) is 1.00. The summed E-state index contributed by atoms with van der Waals surface area (Å²) in [5, 5.41) is 0. The topological polar surface area (TPSA) is 9.23 Å². The van der Waals surface area contributed by atoms with E-state index in [9.17, 15) is 0 Å². The van der Waals surface area contributed by atoms with E-state index >= 15 is 0 Å². The second kappa shape index (κ2) is 1.98. The smallest absolute Gasteiger partial charge is 0.0656 e. The van der Waals surface area contributed by atoms with Crippen molar-refractivity contribution in [2.24, 2.45) is 5.92 Å². The molecule has 0 aromatic rings. The minimum atomic E-state index is 0.124. The van der Waals surface area contributed by atoms with Gasteiger partial charge in [0.1, 0.15) is 0 Å². The molecular weight excluding hydrogens is 112 g/mol. The number of hydrogen-bond donors (Lipinski definition) is 0. The van der Waals surface area contributed by atoms with Crippen molar-refractivity contribution in [3.63, 3.8) is 0 Å². The van der Waals surface area contributed by atoms with Gasteiger partial charge in [-0.2, -0.15) is 0 Å². The molecule has 2 atom stereocenters. The predicted molar refractivity (Wildman–Crippen MR) is 38.4 cm³/mol. The molecule has 0 aliphatic carbocycles. The van der Waals surface area contributed by atoms with Crippen molar-refractivity contribution >= 4 is 0 Å². The molecule has 1 heteroatoms. The van der Waals surface area contributed by atoms with E-state index in [1.807, 2.05) is 0 Å². The van der Waals surface area contributed by atoms with Gasteiger partial charge in [0.25, 0.3) is 0 Å². The SMILES string of the molecule is CC1CC(C)C(C)(C)O1. The van der Waals surface area contributed by atoms with Crippen LogP contribution in [0.1, 0.15) is 34.1 Å². The van der Waals surface area contributed by atoms with Gasteiger partial charge >= 0.3 is 0 Å². The van der Waals surface area contributed by atoms with Crippen LogP contribution in [-0.2, 0) is 4.74 Å². The van der Waals surface area contributed by atoms with Crippen LogP contribution in [-0.4, -0.2) is 11.7 Å². The van der Waals surface area contributed by atoms with Crippen molar-refractivity contribution in [3.8, 4) is 0 Å². The fourth-order valence-corrected chi connectivity index (χ4v) is 1.46. The summed E-state index contributed by atoms with van der Waals surface area (Å²) in [6.07, 6.45) is 1.68. The lowest BCUT2D eigenvalue weighted by Crippen LogP contribution is -2.25. The van der Waals surface area contributed by atoms with Gasteiger partial charge in [0.15, 0.2) is 0 Å². The van der Waals surface area contributed by atoms with E-state index in [1.165, 1.54) is 6.42 Å². The van der Waals surface area contributed by atoms with Crippen LogP contribution in [0.4, 0.5) is 0 Å². The fourth-order valence-electron chi connectivity index (χ4n) is 1.46. The third kappa shape index (κ3) is 1.26. The first-order chi connectivity index (χ1) is 4.02. The Hall–Kier alpha value is -0.0400. The Bertz CT molecular complexity index is 107. The largest absolute Gasteiger partial charge is 0.372 e. The minimum absolute atomic E-state index is 0.124. The molecule has 1 heterocycles. The lowest BCUT2D eigenvalue weighted by molar-refractivity contribution is -0.0215. The summed E-state index contributed by atoms with van der Waals surface area (Å²) in [4.78, 5) is 0. The summed E-state index contributed by atoms with van der Waals surface area (Å²) in [7, 11) is 0. The highest BCUT2D eigenvalue weighted by Gasteiger charge is 2.36. The van der Waals surface area contributed by atoms with E-state index in [1.54, 1.807) is 0 Å². The van der Waals surface area contributed by atoms with Gasteiger partial charge < -0.3 is 4.74 Å². The van der Waals surface area contributed by atoms with Crippen LogP contribution >= 0.6 is 0 Å². The second-order valence-electron chi connectivity index (χ2n) is 3.67. The Kier molecular flexibility index (Phi) is 1.55. The minimum Gasteiger partial charge on any atom is -0.372 e. The zero-order valence-corrected chi connectivity index (χ0v) is 6.77. The van der Waals surface area contributed by atoms with Crippen molar-refractivity contribution in [3.05, 3.63) is 0 Å². The quantitative estimate of drug-likeness (QED) is 0.486. The van der Waals surface area contributed by atoms with E-state index in [4.69, 9.17) is 4.74 Å². The van der Waals surface area contributed by atoms with E-state index < -0.39 is 0 Å². The molecule has 0 N–H and O–H groups in total. The molecule has 0 radical (unpaired) electrons. The Morgan fingerprint density at radius 1 is 1.33 bits per heavy atom. The summed E-state index contributed by atoms with van der Waals surface area (Å²) in [5.74, 6) is 0.715. The van der Waals surface area contributed by atoms with Gasteiger partial charge in [0, 0.05) is 0 Å². The molecule has 2 unspecified atom stereocenters. The first kappa shape index (κ1) is 7.07. The summed E-state index contributed by atoms with van der Waals surface area (Å²) < 4.78 is 5.66. The van der Waals surface area contributed by atoms with Crippen LogP contribution in [0.5, 0.6) is 0 Å². The maximum absolute atomic E-state index is 5.66. The van der Waals surface area contributed by atoms with Crippen LogP contribution in [0, 0.1) is 5.92 Å². The molecule has 1 rings (SSSR count). The van der Waals surface area contributed by atoms with Crippen LogP contribution in [0.15, 0.2) is 0 Å². The Labute approximate surface area is 57.4 Å². The van der Waals surface area contributed by atoms with Crippen molar-refractivity contribution in [1.82, 2.24) is 0 Å². The van der Waals surface area contributed by atoms with E-state index in [0.717, 1.165) is 0 Å². The molecule has 0 spiro atoms. The number of hydrogen-bond acceptors (Lipinski definition) is 1. The van der Waals surface area contributed by atoms with Gasteiger partial charge in [-0.15, -0.1) is 0 Å². The summed E-state index contributed by atoms with van der Waals surface area (Å²) in [6, 6.07) is 0. The molecule has 0 bridgehead atoms. The van der Waals surface area contributed by atoms with E-state index in [-0.39, 0.29) is 5.60 Å². The standard InChI is InChI=1S/C8H16O/c1-6-5-7(2)9-8(6,3)4/h6-7H,5H2,1-4H3. The third-order valence-corrected chi connectivity index (χ3v) is 2.38. The summed E-state index contributed by atoms with van der Waals surface area (Å²) in [5.41, 5.74) is 0.124. The average Bonchev–Trinajstić information content (AvgIpc) is 1.79. The molecular formula is C8H16O. The van der Waals surface area contributed by atoms with Crippen LogP contribution in [0.25, 0.3) is 0 Å². The molecule has 1 saturated heterocycles. The number of ether oxygens (including phenoxy) is 1. The highest BCUT2D eigenvalue weighted by atomic mass is 16.5. The molecule has 0 aromatic carbocycles. The zero-order chi connectivity index (χ0) is 7.07. The van der Waals surface area contributed by atoms with E-state index in [0.29, 0.717) is 12.0 Å². The van der Waals surface area contributed by atoms with Gasteiger partial charge in [-0.05, 0) is 33.1 Å². The highest BCUT2D eigenvalue weighted by molar-refractivity contribution is 4.84. The third-order valence-electron chi connectivity index (χ3n) is 2.38. The molecule has 1 fully saturated rings. The maximum Gasteiger partial charge on any atom is 0.0656 e. The normalized spacial score (nSPS) is 41.3. The molecule has 1 aliphatic heterocycles. The zero-order valence-electron chi connectivity index (χ0n) is 6.77. The Morgan fingerprint density at radius 3 is 2.00 bits per heavy atom. The van der Waals surface area contributed by atoms with Gasteiger partial charge in [0.2, 0.25) is 0 Å². The maximum atomic E-state index is 5.66. The van der Waals surface area contributed by atoms with Crippen LogP contribution in [0.3, 0.4) is 0 Å². The first-order valence-corrected chi connectivity index (χ1v) is 3.70. The molecule has 54 valence electrons. The molecule has 1 nitrogen and oxygen atoms in total. The van der Waals surface area contributed by atoms with Gasteiger partial charge in [-0.25, -0.2) is 0 Å². The Morgan fingerprint density at radius 2 is 1.89 bits per heavy atom. The first-order valence-electron chi connectivity index (χ1n) is 3.70. The molecule has 9 heavy (non-hydrogen) atoms. The second-order valence-corrected chi connectivity index (χ2v) is 3.67. The monoisotopic (exact) mass is 128 g/mol. The van der Waals surface area contributed by atoms with Gasteiger partial charge in [-0.3, -0.25) is 0 Å². The van der Waals surface area contributed by atoms with Crippen molar-refractivity contribution < 1.29 is 4.74 Å². The molecule has 0 amide bonds. The predicted octanol–water partition coefficient (Wildman–Crippen LogP) is 2.21. The Balaban J connectivity index is 2.58. The lowest BCUT2D eigenvalue weighted by Gasteiger charge is -2.22. The molecule has 0 saturated carbocycles. The summed E-state index contributed by atoms with van der Waals surface area (Å²) >= 11 is 0. The summed E-state index contributed by atoms with van der Waals surface area (Å²) in [6.45, 7) is 8.73. The van der Waals surface area contributed by atoms with Crippen molar-refractivity contribution in [1.29, 1.82) is 0 Å². The molecule has 0 aromatic heterocycles. The highest BCUT2D eigenvalue weighted by Crippen LogP contribution is 2.34. The van der Waals surface area contributed by atoms with Gasteiger partial charge in [0.05, 0.1) is 11.7 Å². The van der Waals surface area contributed by atoms with Crippen molar-refractivity contribution in [2.45, 2.75) is 45.8 Å². The molecule has 1 aliphatic rings. The van der Waals surface area contributed by atoms with E-state index in [2.05, 4.69) is 27.7 Å².